The first-order chi connectivity index (χ1) is 8.47. The molecule has 0 fully saturated rings. The number of aryl methyl sites for hydroxylation is 1. The molecular formula is C15H23NO2. The molecule has 2 N–H and O–H groups in total. The van der Waals surface area contributed by atoms with Crippen LogP contribution in [0.2, 0.25) is 0 Å². The lowest BCUT2D eigenvalue weighted by molar-refractivity contribution is 0.0999. The van der Waals surface area contributed by atoms with E-state index in [1.165, 1.54) is 0 Å². The Labute approximate surface area is 109 Å². The minimum Gasteiger partial charge on any atom is -0.496 e. The third-order valence-corrected chi connectivity index (χ3v) is 3.28. The van der Waals surface area contributed by atoms with E-state index in [0.717, 1.165) is 35.3 Å². The molecule has 0 saturated carbocycles. The third-order valence-electron chi connectivity index (χ3n) is 3.28. The topological polar surface area (TPSA) is 52.3 Å². The van der Waals surface area contributed by atoms with E-state index >= 15 is 0 Å². The molecule has 1 amide bonds. The summed E-state index contributed by atoms with van der Waals surface area (Å²) in [5, 5.41) is 0. The highest BCUT2D eigenvalue weighted by Gasteiger charge is 2.21. The number of carbonyl (C=O) groups excluding carboxylic acids is 1. The van der Waals surface area contributed by atoms with E-state index < -0.39 is 0 Å². The molecule has 0 aliphatic carbocycles. The summed E-state index contributed by atoms with van der Waals surface area (Å²) in [5.41, 5.74) is 9.34. The van der Waals surface area contributed by atoms with Crippen molar-refractivity contribution in [2.24, 2.45) is 5.73 Å². The van der Waals surface area contributed by atoms with E-state index in [2.05, 4.69) is 27.7 Å². The first-order valence-corrected chi connectivity index (χ1v) is 6.50. The highest BCUT2D eigenvalue weighted by atomic mass is 16.5. The van der Waals surface area contributed by atoms with Crippen molar-refractivity contribution in [2.45, 2.75) is 46.5 Å². The van der Waals surface area contributed by atoms with Gasteiger partial charge in [0.15, 0.2) is 0 Å². The predicted octanol–water partition coefficient (Wildman–Crippen LogP) is 3.04. The Balaban J connectivity index is 3.69. The molecule has 18 heavy (non-hydrogen) atoms. The Bertz CT molecular complexity index is 450. The van der Waals surface area contributed by atoms with E-state index in [1.54, 1.807) is 7.11 Å². The standard InChI is InChI=1S/C15H23NO2/c1-6-10-8-12(15(16)17)13(9(3)4)11(7-2)14(10)18-5/h8-9H,6-7H2,1-5H3,(H2,16,17). The zero-order chi connectivity index (χ0) is 13.9. The molecule has 0 unspecified atom stereocenters. The summed E-state index contributed by atoms with van der Waals surface area (Å²) in [5.74, 6) is 0.807. The fourth-order valence-corrected chi connectivity index (χ4v) is 2.53. The lowest BCUT2D eigenvalue weighted by Gasteiger charge is -2.21. The molecule has 0 aliphatic heterocycles. The minimum atomic E-state index is -0.356. The van der Waals surface area contributed by atoms with Crippen LogP contribution >= 0.6 is 0 Å². The fourth-order valence-electron chi connectivity index (χ4n) is 2.53. The van der Waals surface area contributed by atoms with Gasteiger partial charge in [0.25, 0.3) is 0 Å². The second kappa shape index (κ2) is 5.89. The summed E-state index contributed by atoms with van der Waals surface area (Å²) in [6.45, 7) is 8.28. The van der Waals surface area contributed by atoms with E-state index in [9.17, 15) is 4.79 Å². The van der Waals surface area contributed by atoms with Crippen LogP contribution in [-0.4, -0.2) is 13.0 Å². The van der Waals surface area contributed by atoms with Crippen LogP contribution in [0.5, 0.6) is 5.75 Å². The maximum absolute atomic E-state index is 11.6. The molecule has 1 rings (SSSR count). The van der Waals surface area contributed by atoms with Crippen LogP contribution in [0.25, 0.3) is 0 Å². The quantitative estimate of drug-likeness (QED) is 0.872. The van der Waals surface area contributed by atoms with Crippen LogP contribution in [0.3, 0.4) is 0 Å². The predicted molar refractivity (Wildman–Crippen MR) is 74.4 cm³/mol. The molecule has 3 heteroatoms. The maximum atomic E-state index is 11.6. The third kappa shape index (κ3) is 2.50. The molecule has 1 aromatic rings. The Morgan fingerprint density at radius 1 is 1.33 bits per heavy atom. The molecule has 0 aliphatic rings. The molecule has 0 spiro atoms. The highest BCUT2D eigenvalue weighted by Crippen LogP contribution is 2.35. The van der Waals surface area contributed by atoms with Crippen molar-refractivity contribution >= 4 is 5.91 Å². The average Bonchev–Trinajstić information content (AvgIpc) is 2.35. The van der Waals surface area contributed by atoms with Crippen LogP contribution in [0.4, 0.5) is 0 Å². The maximum Gasteiger partial charge on any atom is 0.249 e. The van der Waals surface area contributed by atoms with E-state index in [0.29, 0.717) is 5.56 Å². The van der Waals surface area contributed by atoms with Gasteiger partial charge in [-0.3, -0.25) is 4.79 Å². The Hall–Kier alpha value is -1.51. The van der Waals surface area contributed by atoms with Crippen LogP contribution in [-0.2, 0) is 12.8 Å². The zero-order valence-electron chi connectivity index (χ0n) is 12.0. The first-order valence-electron chi connectivity index (χ1n) is 6.50. The Morgan fingerprint density at radius 2 is 1.94 bits per heavy atom. The van der Waals surface area contributed by atoms with Crippen molar-refractivity contribution in [3.8, 4) is 5.75 Å². The monoisotopic (exact) mass is 249 g/mol. The van der Waals surface area contributed by atoms with Crippen LogP contribution in [0.15, 0.2) is 6.07 Å². The molecular weight excluding hydrogens is 226 g/mol. The minimum absolute atomic E-state index is 0.252. The lowest BCUT2D eigenvalue weighted by Crippen LogP contribution is -2.17. The number of ether oxygens (including phenoxy) is 1. The second-order valence-electron chi connectivity index (χ2n) is 4.73. The summed E-state index contributed by atoms with van der Waals surface area (Å²) < 4.78 is 5.53. The lowest BCUT2D eigenvalue weighted by atomic mass is 9.87. The summed E-state index contributed by atoms with van der Waals surface area (Å²) in [4.78, 5) is 11.6. The average molecular weight is 249 g/mol. The Kier molecular flexibility index (Phi) is 4.76. The number of primary amides is 1. The molecule has 0 radical (unpaired) electrons. The normalized spacial score (nSPS) is 10.8. The highest BCUT2D eigenvalue weighted by molar-refractivity contribution is 5.95. The number of rotatable bonds is 5. The molecule has 0 aromatic heterocycles. The number of benzene rings is 1. The van der Waals surface area contributed by atoms with Crippen LogP contribution in [0, 0.1) is 0 Å². The van der Waals surface area contributed by atoms with Crippen molar-refractivity contribution < 1.29 is 9.53 Å². The fraction of sp³-hybridized carbons (Fsp3) is 0.533. The number of hydrogen-bond acceptors (Lipinski definition) is 2. The molecule has 3 nitrogen and oxygen atoms in total. The van der Waals surface area contributed by atoms with Gasteiger partial charge in [0.05, 0.1) is 7.11 Å². The van der Waals surface area contributed by atoms with Gasteiger partial charge in [-0.15, -0.1) is 0 Å². The molecule has 100 valence electrons. The molecule has 0 heterocycles. The van der Waals surface area contributed by atoms with Gasteiger partial charge in [-0.1, -0.05) is 27.7 Å². The largest absolute Gasteiger partial charge is 0.496 e. The SMILES string of the molecule is CCc1cc(C(N)=O)c(C(C)C)c(CC)c1OC. The summed E-state index contributed by atoms with van der Waals surface area (Å²) in [6.07, 6.45) is 1.67. The van der Waals surface area contributed by atoms with Gasteiger partial charge in [0.2, 0.25) is 5.91 Å². The Morgan fingerprint density at radius 3 is 2.28 bits per heavy atom. The number of methoxy groups -OCH3 is 1. The van der Waals surface area contributed by atoms with Crippen molar-refractivity contribution in [3.05, 3.63) is 28.3 Å². The second-order valence-corrected chi connectivity index (χ2v) is 4.73. The van der Waals surface area contributed by atoms with E-state index in [1.807, 2.05) is 6.07 Å². The smallest absolute Gasteiger partial charge is 0.249 e. The first kappa shape index (κ1) is 14.6. The number of hydrogen-bond donors (Lipinski definition) is 1. The number of nitrogens with two attached hydrogens (primary N) is 1. The summed E-state index contributed by atoms with van der Waals surface area (Å²) in [6, 6.07) is 1.88. The van der Waals surface area contributed by atoms with Gasteiger partial charge >= 0.3 is 0 Å². The van der Waals surface area contributed by atoms with Gasteiger partial charge in [-0.05, 0) is 41.5 Å². The molecule has 0 saturated heterocycles. The van der Waals surface area contributed by atoms with Crippen LogP contribution in [0.1, 0.15) is 60.7 Å². The summed E-state index contributed by atoms with van der Waals surface area (Å²) in [7, 11) is 1.68. The van der Waals surface area contributed by atoms with Gasteiger partial charge < -0.3 is 10.5 Å². The van der Waals surface area contributed by atoms with Crippen molar-refractivity contribution in [3.63, 3.8) is 0 Å². The van der Waals surface area contributed by atoms with Crippen LogP contribution < -0.4 is 10.5 Å². The molecule has 0 atom stereocenters. The van der Waals surface area contributed by atoms with Crippen molar-refractivity contribution in [1.29, 1.82) is 0 Å². The van der Waals surface area contributed by atoms with Gasteiger partial charge in [0.1, 0.15) is 5.75 Å². The molecule has 0 bridgehead atoms. The van der Waals surface area contributed by atoms with Crippen molar-refractivity contribution in [1.82, 2.24) is 0 Å². The van der Waals surface area contributed by atoms with Crippen molar-refractivity contribution in [2.75, 3.05) is 7.11 Å². The zero-order valence-corrected chi connectivity index (χ0v) is 12.0. The summed E-state index contributed by atoms with van der Waals surface area (Å²) >= 11 is 0. The van der Waals surface area contributed by atoms with E-state index in [-0.39, 0.29) is 11.8 Å². The van der Waals surface area contributed by atoms with Gasteiger partial charge in [0, 0.05) is 5.56 Å². The van der Waals surface area contributed by atoms with Gasteiger partial charge in [-0.25, -0.2) is 0 Å². The molecule has 1 aromatic carbocycles. The number of carbonyl (C=O) groups is 1. The number of amides is 1. The van der Waals surface area contributed by atoms with E-state index in [4.69, 9.17) is 10.5 Å². The van der Waals surface area contributed by atoms with Gasteiger partial charge in [-0.2, -0.15) is 0 Å².